The summed E-state index contributed by atoms with van der Waals surface area (Å²) < 4.78 is 15.5. The molecule has 2 rings (SSSR count). The first-order chi connectivity index (χ1) is 11.0. The van der Waals surface area contributed by atoms with Crippen LogP contribution < -0.4 is 14.8 Å². The van der Waals surface area contributed by atoms with Gasteiger partial charge in [-0.15, -0.1) is 0 Å². The summed E-state index contributed by atoms with van der Waals surface area (Å²) in [5, 5.41) is 2.84. The lowest BCUT2D eigenvalue weighted by atomic mass is 10.1. The highest BCUT2D eigenvalue weighted by Crippen LogP contribution is 2.27. The number of likely N-dealkylation sites (N-methyl/N-ethyl adjacent to an activating group) is 1. The average molecular weight is 322 g/mol. The van der Waals surface area contributed by atoms with E-state index in [1.54, 1.807) is 27.3 Å². The second-order valence-corrected chi connectivity index (χ2v) is 5.39. The normalized spacial score (nSPS) is 16.9. The molecule has 7 heteroatoms. The van der Waals surface area contributed by atoms with E-state index in [2.05, 4.69) is 5.32 Å². The number of nitrogens with zero attached hydrogens (tertiary/aromatic N) is 1. The number of nitrogens with one attached hydrogen (secondary N) is 1. The smallest absolute Gasteiger partial charge is 0.409 e. The van der Waals surface area contributed by atoms with Crippen molar-refractivity contribution in [1.29, 1.82) is 0 Å². The summed E-state index contributed by atoms with van der Waals surface area (Å²) in [6, 6.07) is 5.50. The Balaban J connectivity index is 1.77. The van der Waals surface area contributed by atoms with E-state index >= 15 is 0 Å². The molecule has 1 heterocycles. The van der Waals surface area contributed by atoms with Gasteiger partial charge < -0.3 is 24.4 Å². The average Bonchev–Trinajstić information content (AvgIpc) is 2.88. The van der Waals surface area contributed by atoms with Crippen LogP contribution in [0.4, 0.5) is 4.79 Å². The maximum Gasteiger partial charge on any atom is 0.409 e. The van der Waals surface area contributed by atoms with Crippen LogP contribution in [0.25, 0.3) is 0 Å². The molecule has 0 aromatic heterocycles. The molecule has 1 fully saturated rings. The molecule has 1 N–H and O–H groups in total. The van der Waals surface area contributed by atoms with Crippen molar-refractivity contribution in [2.24, 2.45) is 0 Å². The molecular formula is C16H22N2O5. The first-order valence-electron chi connectivity index (χ1n) is 7.43. The molecule has 1 saturated heterocycles. The molecule has 1 aromatic rings. The van der Waals surface area contributed by atoms with E-state index in [1.165, 1.54) is 4.90 Å². The van der Waals surface area contributed by atoms with Crippen molar-refractivity contribution >= 4 is 12.0 Å². The molecule has 1 aliphatic rings. The summed E-state index contributed by atoms with van der Waals surface area (Å²) in [4.78, 5) is 24.6. The van der Waals surface area contributed by atoms with E-state index < -0.39 is 0 Å². The minimum Gasteiger partial charge on any atom is -0.493 e. The predicted octanol–water partition coefficient (Wildman–Crippen LogP) is 1.55. The van der Waals surface area contributed by atoms with E-state index in [0.717, 1.165) is 5.56 Å². The second-order valence-electron chi connectivity index (χ2n) is 5.39. The fraction of sp³-hybridized carbons (Fsp3) is 0.500. The summed E-state index contributed by atoms with van der Waals surface area (Å²) in [5.41, 5.74) is 0.919. The van der Waals surface area contributed by atoms with Crippen molar-refractivity contribution in [3.63, 3.8) is 0 Å². The number of cyclic esters (lactones) is 1. The van der Waals surface area contributed by atoms with Crippen molar-refractivity contribution < 1.29 is 23.8 Å². The molecule has 2 amide bonds. The Morgan fingerprint density at radius 3 is 2.70 bits per heavy atom. The Morgan fingerprint density at radius 2 is 2.09 bits per heavy atom. The monoisotopic (exact) mass is 322 g/mol. The highest BCUT2D eigenvalue weighted by molar-refractivity contribution is 5.76. The van der Waals surface area contributed by atoms with Gasteiger partial charge in [0.1, 0.15) is 6.10 Å². The van der Waals surface area contributed by atoms with Crippen molar-refractivity contribution in [3.05, 3.63) is 23.8 Å². The Morgan fingerprint density at radius 1 is 1.35 bits per heavy atom. The molecule has 1 unspecified atom stereocenters. The fourth-order valence-corrected chi connectivity index (χ4v) is 2.37. The Labute approximate surface area is 135 Å². The van der Waals surface area contributed by atoms with E-state index in [4.69, 9.17) is 14.2 Å². The standard InChI is InChI=1S/C16H22N2O5/c1-18-10-12(23-16(18)20)5-7-15(19)17-9-11-4-6-13(21-2)14(8-11)22-3/h4,6,8,12H,5,7,9-10H2,1-3H3,(H,17,19). The van der Waals surface area contributed by atoms with Crippen LogP contribution in [0.3, 0.4) is 0 Å². The number of hydrogen-bond acceptors (Lipinski definition) is 5. The quantitative estimate of drug-likeness (QED) is 0.824. The van der Waals surface area contributed by atoms with Gasteiger partial charge in [0.15, 0.2) is 11.5 Å². The molecule has 126 valence electrons. The van der Waals surface area contributed by atoms with Crippen molar-refractivity contribution in [3.8, 4) is 11.5 Å². The topological polar surface area (TPSA) is 77.1 Å². The van der Waals surface area contributed by atoms with Gasteiger partial charge in [0.25, 0.3) is 0 Å². The third-order valence-electron chi connectivity index (χ3n) is 3.69. The number of rotatable bonds is 7. The van der Waals surface area contributed by atoms with Crippen molar-refractivity contribution in [1.82, 2.24) is 10.2 Å². The van der Waals surface area contributed by atoms with E-state index in [1.807, 2.05) is 12.1 Å². The van der Waals surface area contributed by atoms with E-state index in [0.29, 0.717) is 37.4 Å². The van der Waals surface area contributed by atoms with Gasteiger partial charge in [-0.25, -0.2) is 4.79 Å². The molecule has 0 saturated carbocycles. The minimum absolute atomic E-state index is 0.0783. The summed E-state index contributed by atoms with van der Waals surface area (Å²) in [6.07, 6.45) is 0.299. The Hall–Kier alpha value is -2.44. The zero-order valence-corrected chi connectivity index (χ0v) is 13.6. The first kappa shape index (κ1) is 16.9. The van der Waals surface area contributed by atoms with Gasteiger partial charge in [0.05, 0.1) is 20.8 Å². The van der Waals surface area contributed by atoms with Crippen LogP contribution in [-0.4, -0.2) is 50.8 Å². The molecule has 1 aromatic carbocycles. The van der Waals surface area contributed by atoms with Crippen LogP contribution in [0.5, 0.6) is 11.5 Å². The summed E-state index contributed by atoms with van der Waals surface area (Å²) in [5.74, 6) is 1.19. The molecule has 1 aliphatic heterocycles. The van der Waals surface area contributed by atoms with Gasteiger partial charge in [0, 0.05) is 20.0 Å². The Kier molecular flexibility index (Phi) is 5.67. The van der Waals surface area contributed by atoms with Gasteiger partial charge in [0.2, 0.25) is 5.91 Å². The SMILES string of the molecule is COc1ccc(CNC(=O)CCC2CN(C)C(=O)O2)cc1OC. The third kappa shape index (κ3) is 4.51. The van der Waals surface area contributed by atoms with Gasteiger partial charge >= 0.3 is 6.09 Å². The Bertz CT molecular complexity index is 576. The molecular weight excluding hydrogens is 300 g/mol. The number of hydrogen-bond donors (Lipinski definition) is 1. The number of methoxy groups -OCH3 is 2. The first-order valence-corrected chi connectivity index (χ1v) is 7.43. The molecule has 0 bridgehead atoms. The maximum absolute atomic E-state index is 11.9. The second kappa shape index (κ2) is 7.71. The van der Waals surface area contributed by atoms with Gasteiger partial charge in [-0.2, -0.15) is 0 Å². The molecule has 7 nitrogen and oxygen atoms in total. The predicted molar refractivity (Wildman–Crippen MR) is 83.5 cm³/mol. The summed E-state index contributed by atoms with van der Waals surface area (Å²) in [6.45, 7) is 0.936. The molecule has 23 heavy (non-hydrogen) atoms. The third-order valence-corrected chi connectivity index (χ3v) is 3.69. The van der Waals surface area contributed by atoms with Crippen LogP contribution in [0.1, 0.15) is 18.4 Å². The van der Waals surface area contributed by atoms with Gasteiger partial charge in [-0.05, 0) is 24.1 Å². The molecule has 0 aliphatic carbocycles. The van der Waals surface area contributed by atoms with Crippen LogP contribution in [0.2, 0.25) is 0 Å². The van der Waals surface area contributed by atoms with E-state index in [-0.39, 0.29) is 18.1 Å². The summed E-state index contributed by atoms with van der Waals surface area (Å²) >= 11 is 0. The highest BCUT2D eigenvalue weighted by Gasteiger charge is 2.28. The minimum atomic E-state index is -0.333. The fourth-order valence-electron chi connectivity index (χ4n) is 2.37. The van der Waals surface area contributed by atoms with Crippen LogP contribution in [0, 0.1) is 0 Å². The lowest BCUT2D eigenvalue weighted by molar-refractivity contribution is -0.121. The van der Waals surface area contributed by atoms with E-state index in [9.17, 15) is 9.59 Å². The van der Waals surface area contributed by atoms with Crippen LogP contribution in [-0.2, 0) is 16.1 Å². The largest absolute Gasteiger partial charge is 0.493 e. The number of amides is 2. The van der Waals surface area contributed by atoms with Crippen LogP contribution >= 0.6 is 0 Å². The maximum atomic E-state index is 11.9. The van der Waals surface area contributed by atoms with Crippen molar-refractivity contribution in [2.45, 2.75) is 25.5 Å². The number of carbonyl (C=O) groups excluding carboxylic acids is 2. The number of ether oxygens (including phenoxy) is 3. The molecule has 0 radical (unpaired) electrons. The van der Waals surface area contributed by atoms with Crippen LogP contribution in [0.15, 0.2) is 18.2 Å². The zero-order valence-electron chi connectivity index (χ0n) is 13.6. The highest BCUT2D eigenvalue weighted by atomic mass is 16.6. The lowest BCUT2D eigenvalue weighted by Gasteiger charge is -2.11. The molecule has 0 spiro atoms. The van der Waals surface area contributed by atoms with Gasteiger partial charge in [-0.1, -0.05) is 6.07 Å². The number of carbonyl (C=O) groups is 2. The summed E-state index contributed by atoms with van der Waals surface area (Å²) in [7, 11) is 4.83. The number of benzene rings is 1. The molecule has 1 atom stereocenters. The lowest BCUT2D eigenvalue weighted by Crippen LogP contribution is -2.25. The zero-order chi connectivity index (χ0) is 16.8. The van der Waals surface area contributed by atoms with Gasteiger partial charge in [-0.3, -0.25) is 4.79 Å². The van der Waals surface area contributed by atoms with Crippen molar-refractivity contribution in [2.75, 3.05) is 27.8 Å².